The molecular formula is C10H12F2O2S. The lowest BCUT2D eigenvalue weighted by atomic mass is 10.4. The molecule has 0 amide bonds. The highest BCUT2D eigenvalue weighted by atomic mass is 32.3. The summed E-state index contributed by atoms with van der Waals surface area (Å²) in [5.74, 6) is -1.67. The number of benzene rings is 1. The maximum atomic E-state index is 13.5. The molecular weight excluding hydrogens is 222 g/mol. The van der Waals surface area contributed by atoms with Gasteiger partial charge in [0.1, 0.15) is 5.75 Å². The first kappa shape index (κ1) is 12.0. The van der Waals surface area contributed by atoms with Crippen LogP contribution in [0.15, 0.2) is 35.2 Å². The molecule has 84 valence electrons. The Hall–Kier alpha value is -1.10. The first-order valence-electron chi connectivity index (χ1n) is 4.47. The molecule has 0 aliphatic heterocycles. The average molecular weight is 234 g/mol. The van der Waals surface area contributed by atoms with Gasteiger partial charge in [-0.05, 0) is 19.1 Å². The molecule has 1 aromatic carbocycles. The Morgan fingerprint density at radius 1 is 1.33 bits per heavy atom. The van der Waals surface area contributed by atoms with E-state index in [0.29, 0.717) is 0 Å². The third-order valence-corrected chi connectivity index (χ3v) is 3.25. The maximum absolute atomic E-state index is 13.5. The van der Waals surface area contributed by atoms with E-state index < -0.39 is 22.5 Å². The fraction of sp³-hybridized carbons (Fsp3) is 0.300. The Kier molecular flexibility index (Phi) is 4.08. The van der Waals surface area contributed by atoms with Crippen LogP contribution in [0.25, 0.3) is 0 Å². The van der Waals surface area contributed by atoms with Crippen LogP contribution in [-0.2, 0) is 9.53 Å². The predicted molar refractivity (Wildman–Crippen MR) is 56.0 cm³/mol. The number of carbonyl (C=O) groups excluding carboxylic acids is 1. The molecule has 0 fully saturated rings. The molecule has 0 saturated heterocycles. The molecule has 1 rings (SSSR count). The zero-order valence-corrected chi connectivity index (χ0v) is 9.10. The Balaban J connectivity index is 2.71. The molecule has 0 aliphatic carbocycles. The van der Waals surface area contributed by atoms with Crippen LogP contribution in [0.2, 0.25) is 0 Å². The van der Waals surface area contributed by atoms with Gasteiger partial charge in [0.05, 0.1) is 17.4 Å². The summed E-state index contributed by atoms with van der Waals surface area (Å²) in [6.07, 6.45) is 0. The fourth-order valence-corrected chi connectivity index (χ4v) is 2.15. The van der Waals surface area contributed by atoms with Crippen LogP contribution in [-0.4, -0.2) is 18.3 Å². The molecule has 0 bridgehead atoms. The Labute approximate surface area is 89.1 Å². The molecule has 0 unspecified atom stereocenters. The summed E-state index contributed by atoms with van der Waals surface area (Å²) in [6.45, 7) is 1.72. The van der Waals surface area contributed by atoms with Gasteiger partial charge in [0, 0.05) is 4.90 Å². The minimum Gasteiger partial charge on any atom is -0.465 e. The molecule has 0 atom stereocenters. The molecule has 0 spiro atoms. The van der Waals surface area contributed by atoms with Gasteiger partial charge in [0.2, 0.25) is 0 Å². The quantitative estimate of drug-likeness (QED) is 0.748. The van der Waals surface area contributed by atoms with Crippen molar-refractivity contribution in [3.8, 4) is 0 Å². The molecule has 15 heavy (non-hydrogen) atoms. The van der Waals surface area contributed by atoms with E-state index in [1.54, 1.807) is 13.0 Å². The summed E-state index contributed by atoms with van der Waals surface area (Å²) in [4.78, 5) is 10.9. The van der Waals surface area contributed by atoms with E-state index in [-0.39, 0.29) is 11.5 Å². The van der Waals surface area contributed by atoms with E-state index in [2.05, 4.69) is 4.74 Å². The summed E-state index contributed by atoms with van der Waals surface area (Å²) in [5, 5.41) is 0. The van der Waals surface area contributed by atoms with Gasteiger partial charge < -0.3 is 4.74 Å². The number of halogens is 2. The van der Waals surface area contributed by atoms with Crippen LogP contribution < -0.4 is 0 Å². The van der Waals surface area contributed by atoms with Gasteiger partial charge in [-0.25, -0.2) is 0 Å². The summed E-state index contributed by atoms with van der Waals surface area (Å²) in [7, 11) is -4.06. The highest BCUT2D eigenvalue weighted by molar-refractivity contribution is 8.25. The summed E-state index contributed by atoms with van der Waals surface area (Å²) in [5.41, 5.74) is 0. The number of esters is 1. The smallest absolute Gasteiger partial charge is 0.319 e. The van der Waals surface area contributed by atoms with E-state index in [4.69, 9.17) is 0 Å². The van der Waals surface area contributed by atoms with Crippen LogP contribution in [0.4, 0.5) is 7.77 Å². The second kappa shape index (κ2) is 5.11. The fourth-order valence-electron chi connectivity index (χ4n) is 1.05. The van der Waals surface area contributed by atoms with E-state index >= 15 is 0 Å². The molecule has 2 nitrogen and oxygen atoms in total. The molecule has 0 aliphatic rings. The second-order valence-corrected chi connectivity index (χ2v) is 4.75. The van der Waals surface area contributed by atoms with Gasteiger partial charge in [-0.1, -0.05) is 18.2 Å². The van der Waals surface area contributed by atoms with Crippen molar-refractivity contribution < 1.29 is 17.3 Å². The third-order valence-electron chi connectivity index (χ3n) is 1.69. The van der Waals surface area contributed by atoms with Crippen molar-refractivity contribution in [2.75, 3.05) is 12.4 Å². The molecule has 0 radical (unpaired) electrons. The van der Waals surface area contributed by atoms with Crippen molar-refractivity contribution in [3.63, 3.8) is 0 Å². The molecule has 5 heteroatoms. The minimum atomic E-state index is -4.06. The van der Waals surface area contributed by atoms with Gasteiger partial charge >= 0.3 is 5.97 Å². The molecule has 0 heterocycles. The van der Waals surface area contributed by atoms with Gasteiger partial charge in [-0.2, -0.15) is 7.77 Å². The largest absolute Gasteiger partial charge is 0.465 e. The van der Waals surface area contributed by atoms with Crippen molar-refractivity contribution in [2.24, 2.45) is 0 Å². The standard InChI is InChI=1S/C10H12F2O2S/c1-2-14-10(13)8-15(11,12)9-6-4-3-5-7-9/h3-7H,2,8H2,1H3. The molecule has 0 aromatic heterocycles. The van der Waals surface area contributed by atoms with Crippen LogP contribution >= 0.6 is 10.8 Å². The van der Waals surface area contributed by atoms with Crippen molar-refractivity contribution in [1.82, 2.24) is 0 Å². The summed E-state index contributed by atoms with van der Waals surface area (Å²) < 4.78 is 31.5. The van der Waals surface area contributed by atoms with E-state index in [9.17, 15) is 12.6 Å². The number of carbonyl (C=O) groups is 1. The topological polar surface area (TPSA) is 26.3 Å². The van der Waals surface area contributed by atoms with Gasteiger partial charge in [-0.15, -0.1) is 0 Å². The van der Waals surface area contributed by atoms with Gasteiger partial charge in [0.15, 0.2) is 0 Å². The lowest BCUT2D eigenvalue weighted by molar-refractivity contribution is -0.140. The van der Waals surface area contributed by atoms with Crippen molar-refractivity contribution in [3.05, 3.63) is 30.3 Å². The Morgan fingerprint density at radius 2 is 1.93 bits per heavy atom. The number of hydrogen-bond donors (Lipinski definition) is 0. The molecule has 0 N–H and O–H groups in total. The normalized spacial score (nSPS) is 12.2. The van der Waals surface area contributed by atoms with Crippen molar-refractivity contribution in [2.45, 2.75) is 11.8 Å². The zero-order chi connectivity index (χ0) is 11.3. The van der Waals surface area contributed by atoms with Crippen LogP contribution in [0.3, 0.4) is 0 Å². The van der Waals surface area contributed by atoms with E-state index in [1.807, 2.05) is 0 Å². The summed E-state index contributed by atoms with van der Waals surface area (Å²) in [6, 6.07) is 7.37. The molecule has 1 aromatic rings. The first-order valence-corrected chi connectivity index (χ1v) is 6.07. The highest BCUT2D eigenvalue weighted by Gasteiger charge is 2.29. The molecule has 0 saturated carbocycles. The Bertz CT molecular complexity index is 327. The highest BCUT2D eigenvalue weighted by Crippen LogP contribution is 2.58. The third kappa shape index (κ3) is 3.51. The monoisotopic (exact) mass is 234 g/mol. The Morgan fingerprint density at radius 3 is 2.47 bits per heavy atom. The number of hydrogen-bond acceptors (Lipinski definition) is 2. The minimum absolute atomic E-state index is 0.0851. The van der Waals surface area contributed by atoms with Crippen molar-refractivity contribution in [1.29, 1.82) is 0 Å². The van der Waals surface area contributed by atoms with Gasteiger partial charge in [0.25, 0.3) is 0 Å². The van der Waals surface area contributed by atoms with Crippen LogP contribution in [0.1, 0.15) is 6.92 Å². The lowest BCUT2D eigenvalue weighted by Gasteiger charge is -2.19. The van der Waals surface area contributed by atoms with Crippen LogP contribution in [0, 0.1) is 0 Å². The SMILES string of the molecule is CCOC(=O)CS(F)(F)c1ccccc1. The second-order valence-electron chi connectivity index (χ2n) is 2.84. The van der Waals surface area contributed by atoms with Crippen LogP contribution in [0.5, 0.6) is 0 Å². The lowest BCUT2D eigenvalue weighted by Crippen LogP contribution is -2.12. The van der Waals surface area contributed by atoms with E-state index in [1.165, 1.54) is 24.3 Å². The van der Waals surface area contributed by atoms with E-state index in [0.717, 1.165) is 0 Å². The number of ether oxygens (including phenoxy) is 1. The summed E-state index contributed by atoms with van der Waals surface area (Å²) >= 11 is 0. The average Bonchev–Trinajstić information content (AvgIpc) is 2.18. The zero-order valence-electron chi connectivity index (χ0n) is 8.28. The first-order chi connectivity index (χ1) is 7.06. The predicted octanol–water partition coefficient (Wildman–Crippen LogP) is 3.18. The number of rotatable bonds is 4. The maximum Gasteiger partial charge on any atom is 0.319 e. The van der Waals surface area contributed by atoms with Crippen molar-refractivity contribution >= 4 is 16.8 Å². The van der Waals surface area contributed by atoms with Gasteiger partial charge in [-0.3, -0.25) is 4.79 Å².